The van der Waals surface area contributed by atoms with Crippen molar-refractivity contribution >= 4 is 17.6 Å². The van der Waals surface area contributed by atoms with E-state index >= 15 is 0 Å². The third-order valence-electron chi connectivity index (χ3n) is 7.02. The number of nitrogens with one attached hydrogen (secondary N) is 1. The van der Waals surface area contributed by atoms with Gasteiger partial charge in [0.25, 0.3) is 0 Å². The zero-order chi connectivity index (χ0) is 24.5. The van der Waals surface area contributed by atoms with Crippen molar-refractivity contribution in [2.75, 3.05) is 32.1 Å². The van der Waals surface area contributed by atoms with E-state index in [0.29, 0.717) is 18.8 Å². The fourth-order valence-electron chi connectivity index (χ4n) is 5.36. The molecule has 2 aliphatic heterocycles. The highest BCUT2D eigenvalue weighted by atomic mass is 19.1. The maximum absolute atomic E-state index is 13.5. The minimum Gasteiger partial charge on any atom is -0.383 e. The fourth-order valence-corrected chi connectivity index (χ4v) is 5.36. The molecular weight excluding hydrogens is 445 g/mol. The van der Waals surface area contributed by atoms with Crippen LogP contribution in [0.2, 0.25) is 0 Å². The standard InChI is InChI=1S/C28H28FN3O3/c1-18-6-3-4-9-23(18)19-10-12-20(13-11-19)27-24-15-31(16-26(33)32(24)25(27)17-35-2)28(34)30-22-8-5-7-21(29)14-22/h3-14,24-25,27H,15-17H2,1-2H3,(H,30,34)/t24-,25-,27+/m0/s1. The zero-order valence-electron chi connectivity index (χ0n) is 19.8. The number of halogens is 1. The number of hydrogen-bond acceptors (Lipinski definition) is 3. The summed E-state index contributed by atoms with van der Waals surface area (Å²) in [6, 6.07) is 21.8. The van der Waals surface area contributed by atoms with Gasteiger partial charge in [-0.2, -0.15) is 0 Å². The second-order valence-electron chi connectivity index (χ2n) is 9.17. The lowest BCUT2D eigenvalue weighted by Crippen LogP contribution is -2.73. The molecule has 6 nitrogen and oxygen atoms in total. The van der Waals surface area contributed by atoms with Crippen molar-refractivity contribution in [2.45, 2.75) is 24.9 Å². The number of piperazine rings is 1. The van der Waals surface area contributed by atoms with Gasteiger partial charge < -0.3 is 19.9 Å². The number of fused-ring (bicyclic) bond motifs is 1. The zero-order valence-corrected chi connectivity index (χ0v) is 19.8. The average molecular weight is 474 g/mol. The fraction of sp³-hybridized carbons (Fsp3) is 0.286. The Bertz CT molecular complexity index is 1250. The van der Waals surface area contributed by atoms with Gasteiger partial charge in [-0.15, -0.1) is 0 Å². The molecule has 0 saturated carbocycles. The lowest BCUT2D eigenvalue weighted by atomic mass is 9.73. The highest BCUT2D eigenvalue weighted by Gasteiger charge is 2.54. The molecule has 0 radical (unpaired) electrons. The number of aryl methyl sites for hydroxylation is 1. The molecule has 1 N–H and O–H groups in total. The molecule has 2 saturated heterocycles. The van der Waals surface area contributed by atoms with Gasteiger partial charge in [-0.3, -0.25) is 4.79 Å². The van der Waals surface area contributed by atoms with Gasteiger partial charge in [0.1, 0.15) is 12.4 Å². The van der Waals surface area contributed by atoms with E-state index in [2.05, 4.69) is 48.6 Å². The van der Waals surface area contributed by atoms with Crippen molar-refractivity contribution in [1.29, 1.82) is 0 Å². The van der Waals surface area contributed by atoms with E-state index in [1.54, 1.807) is 13.2 Å². The van der Waals surface area contributed by atoms with Crippen LogP contribution in [0.5, 0.6) is 0 Å². The van der Waals surface area contributed by atoms with Gasteiger partial charge in [0, 0.05) is 25.3 Å². The number of nitrogens with zero attached hydrogens (tertiary/aromatic N) is 2. The topological polar surface area (TPSA) is 61.9 Å². The van der Waals surface area contributed by atoms with Crippen molar-refractivity contribution < 1.29 is 18.7 Å². The summed E-state index contributed by atoms with van der Waals surface area (Å²) in [5, 5.41) is 2.71. The highest BCUT2D eigenvalue weighted by Crippen LogP contribution is 2.43. The summed E-state index contributed by atoms with van der Waals surface area (Å²) in [5.74, 6) is -0.487. The molecule has 5 rings (SSSR count). The number of ether oxygens (including phenoxy) is 1. The van der Waals surface area contributed by atoms with Gasteiger partial charge in [0.2, 0.25) is 5.91 Å². The number of amides is 3. The predicted molar refractivity (Wildman–Crippen MR) is 133 cm³/mol. The largest absolute Gasteiger partial charge is 0.383 e. The van der Waals surface area contributed by atoms with Gasteiger partial charge in [-0.1, -0.05) is 54.6 Å². The molecule has 2 heterocycles. The second-order valence-corrected chi connectivity index (χ2v) is 9.17. The number of methoxy groups -OCH3 is 1. The smallest absolute Gasteiger partial charge is 0.322 e. The molecule has 0 unspecified atom stereocenters. The lowest BCUT2D eigenvalue weighted by molar-refractivity contribution is -0.160. The van der Waals surface area contributed by atoms with Gasteiger partial charge in [-0.25, -0.2) is 9.18 Å². The quantitative estimate of drug-likeness (QED) is 0.587. The molecule has 3 atom stereocenters. The third-order valence-corrected chi connectivity index (χ3v) is 7.02. The SMILES string of the molecule is COC[C@H]1[C@H](c2ccc(-c3ccccc3C)cc2)[C@@H]2CN(C(=O)Nc3cccc(F)c3)CC(=O)N12. The van der Waals surface area contributed by atoms with E-state index in [0.717, 1.165) is 11.1 Å². The van der Waals surface area contributed by atoms with Crippen LogP contribution in [0.1, 0.15) is 17.0 Å². The number of urea groups is 1. The van der Waals surface area contributed by atoms with Crippen LogP contribution >= 0.6 is 0 Å². The van der Waals surface area contributed by atoms with Crippen LogP contribution in [0.4, 0.5) is 14.9 Å². The van der Waals surface area contributed by atoms with Gasteiger partial charge in [-0.05, 0) is 47.4 Å². The Morgan fingerprint density at radius 3 is 2.57 bits per heavy atom. The molecule has 7 heteroatoms. The van der Waals surface area contributed by atoms with Crippen LogP contribution in [0.3, 0.4) is 0 Å². The van der Waals surface area contributed by atoms with Crippen LogP contribution in [0.25, 0.3) is 11.1 Å². The molecule has 2 aliphatic rings. The summed E-state index contributed by atoms with van der Waals surface area (Å²) < 4.78 is 19.0. The molecular formula is C28H28FN3O3. The van der Waals surface area contributed by atoms with Crippen LogP contribution in [-0.4, -0.2) is 60.6 Å². The molecule has 180 valence electrons. The Labute approximate surface area is 204 Å². The first-order valence-corrected chi connectivity index (χ1v) is 11.7. The minimum absolute atomic E-state index is 0.0171. The van der Waals surface area contributed by atoms with Gasteiger partial charge >= 0.3 is 6.03 Å². The Kier molecular flexibility index (Phi) is 6.26. The maximum atomic E-state index is 13.5. The first-order valence-electron chi connectivity index (χ1n) is 11.7. The van der Waals surface area contributed by atoms with Crippen LogP contribution in [0, 0.1) is 12.7 Å². The molecule has 3 aromatic rings. The molecule has 2 fully saturated rings. The van der Waals surface area contributed by atoms with E-state index in [1.165, 1.54) is 34.2 Å². The number of carbonyl (C=O) groups excluding carboxylic acids is 2. The van der Waals surface area contributed by atoms with E-state index in [9.17, 15) is 14.0 Å². The van der Waals surface area contributed by atoms with E-state index in [-0.39, 0.29) is 30.5 Å². The van der Waals surface area contributed by atoms with Crippen molar-refractivity contribution in [3.05, 3.63) is 89.7 Å². The van der Waals surface area contributed by atoms with E-state index in [4.69, 9.17) is 4.74 Å². The monoisotopic (exact) mass is 473 g/mol. The third kappa shape index (κ3) is 4.39. The van der Waals surface area contributed by atoms with Gasteiger partial charge in [0.05, 0.1) is 18.7 Å². The predicted octanol–water partition coefficient (Wildman–Crippen LogP) is 4.66. The number of carbonyl (C=O) groups is 2. The lowest BCUT2D eigenvalue weighted by Gasteiger charge is -2.59. The van der Waals surface area contributed by atoms with Crippen molar-refractivity contribution in [1.82, 2.24) is 9.80 Å². The second kappa shape index (κ2) is 9.50. The first kappa shape index (κ1) is 23.1. The average Bonchev–Trinajstić information content (AvgIpc) is 2.83. The summed E-state index contributed by atoms with van der Waals surface area (Å²) in [6.45, 7) is 2.91. The Hall–Kier alpha value is -3.71. The maximum Gasteiger partial charge on any atom is 0.322 e. The number of benzene rings is 3. The molecule has 0 aliphatic carbocycles. The summed E-state index contributed by atoms with van der Waals surface area (Å²) in [5.41, 5.74) is 5.02. The number of hydrogen-bond donors (Lipinski definition) is 1. The molecule has 3 aromatic carbocycles. The number of rotatable bonds is 5. The number of anilines is 1. The molecule has 3 amide bonds. The molecule has 0 spiro atoms. The van der Waals surface area contributed by atoms with Gasteiger partial charge in [0.15, 0.2) is 0 Å². The first-order chi connectivity index (χ1) is 17.0. The summed E-state index contributed by atoms with van der Waals surface area (Å²) in [4.78, 5) is 29.2. The Morgan fingerprint density at radius 1 is 1.09 bits per heavy atom. The summed E-state index contributed by atoms with van der Waals surface area (Å²) in [6.07, 6.45) is 0. The van der Waals surface area contributed by atoms with Crippen LogP contribution in [-0.2, 0) is 9.53 Å². The minimum atomic E-state index is -0.431. The normalized spacial score (nSPS) is 21.3. The highest BCUT2D eigenvalue weighted by molar-refractivity contribution is 5.93. The molecule has 35 heavy (non-hydrogen) atoms. The molecule has 0 aromatic heterocycles. The Morgan fingerprint density at radius 2 is 1.86 bits per heavy atom. The van der Waals surface area contributed by atoms with Crippen LogP contribution in [0.15, 0.2) is 72.8 Å². The molecule has 0 bridgehead atoms. The van der Waals surface area contributed by atoms with Crippen molar-refractivity contribution in [2.24, 2.45) is 0 Å². The summed E-state index contributed by atoms with van der Waals surface area (Å²) >= 11 is 0. The van der Waals surface area contributed by atoms with Crippen molar-refractivity contribution in [3.63, 3.8) is 0 Å². The summed E-state index contributed by atoms with van der Waals surface area (Å²) in [7, 11) is 1.64. The van der Waals surface area contributed by atoms with E-state index in [1.807, 2.05) is 17.0 Å². The van der Waals surface area contributed by atoms with Crippen molar-refractivity contribution in [3.8, 4) is 11.1 Å². The van der Waals surface area contributed by atoms with E-state index < -0.39 is 11.8 Å². The Balaban J connectivity index is 1.36. The van der Waals surface area contributed by atoms with Crippen LogP contribution < -0.4 is 5.32 Å².